The van der Waals surface area contributed by atoms with E-state index in [2.05, 4.69) is 9.93 Å². The van der Waals surface area contributed by atoms with E-state index >= 15 is 0 Å². The number of nitrogens with one attached hydrogen (secondary N) is 1. The van der Waals surface area contributed by atoms with Crippen molar-refractivity contribution >= 4 is 26.8 Å². The lowest BCUT2D eigenvalue weighted by atomic mass is 10.0. The Hall–Kier alpha value is -1.85. The van der Waals surface area contributed by atoms with E-state index in [-0.39, 0.29) is 10.1 Å². The van der Waals surface area contributed by atoms with Crippen LogP contribution in [0.4, 0.5) is 0 Å². The molecule has 0 bridgehead atoms. The molecule has 0 unspecified atom stereocenters. The van der Waals surface area contributed by atoms with Crippen LogP contribution >= 0.6 is 11.6 Å². The Morgan fingerprint density at radius 3 is 2.09 bits per heavy atom. The molecule has 22 heavy (non-hydrogen) atoms. The number of sulfonamides is 1. The first-order valence-electron chi connectivity index (χ1n) is 6.69. The second kappa shape index (κ2) is 6.50. The molecule has 0 aromatic heterocycles. The number of rotatable bonds is 4. The summed E-state index contributed by atoms with van der Waals surface area (Å²) in [6, 6.07) is 12.2. The third-order valence-corrected chi connectivity index (χ3v) is 4.78. The van der Waals surface area contributed by atoms with Gasteiger partial charge >= 0.3 is 0 Å². The molecular formula is C16H17ClN2O2S. The Labute approximate surface area is 135 Å². The molecule has 1 N–H and O–H groups in total. The molecule has 6 heteroatoms. The average molecular weight is 337 g/mol. The van der Waals surface area contributed by atoms with Crippen LogP contribution in [0.15, 0.2) is 52.5 Å². The number of aryl methyl sites for hydroxylation is 3. The fraction of sp³-hybridized carbons (Fsp3) is 0.188. The molecule has 0 aliphatic heterocycles. The zero-order valence-corrected chi connectivity index (χ0v) is 14.2. The summed E-state index contributed by atoms with van der Waals surface area (Å²) in [6.45, 7) is 5.68. The first-order chi connectivity index (χ1) is 10.3. The Morgan fingerprint density at radius 2 is 1.55 bits per heavy atom. The van der Waals surface area contributed by atoms with Crippen molar-refractivity contribution in [2.24, 2.45) is 5.10 Å². The van der Waals surface area contributed by atoms with Gasteiger partial charge in [0, 0.05) is 5.56 Å². The molecule has 2 aromatic rings. The lowest BCUT2D eigenvalue weighted by Gasteiger charge is -2.08. The van der Waals surface area contributed by atoms with Gasteiger partial charge in [0.2, 0.25) is 0 Å². The van der Waals surface area contributed by atoms with Crippen molar-refractivity contribution in [3.05, 3.63) is 64.7 Å². The predicted octanol–water partition coefficient (Wildman–Crippen LogP) is 3.49. The van der Waals surface area contributed by atoms with E-state index in [1.54, 1.807) is 12.1 Å². The second-order valence-corrected chi connectivity index (χ2v) is 7.10. The van der Waals surface area contributed by atoms with Gasteiger partial charge in [0.25, 0.3) is 10.0 Å². The molecule has 2 aromatic carbocycles. The van der Waals surface area contributed by atoms with Crippen molar-refractivity contribution in [2.45, 2.75) is 25.7 Å². The summed E-state index contributed by atoms with van der Waals surface area (Å²) in [4.78, 5) is 2.32. The van der Waals surface area contributed by atoms with Crippen molar-refractivity contribution < 1.29 is 8.42 Å². The summed E-state index contributed by atoms with van der Waals surface area (Å²) in [5, 5.41) is 3.95. The molecule has 0 radical (unpaired) electrons. The zero-order chi connectivity index (χ0) is 16.3. The monoisotopic (exact) mass is 336 g/mol. The summed E-state index contributed by atoms with van der Waals surface area (Å²) < 4.78 is 24.3. The molecule has 0 atom stereocenters. The Balaban J connectivity index is 2.29. The molecule has 0 saturated carbocycles. The van der Waals surface area contributed by atoms with Gasteiger partial charge in [-0.1, -0.05) is 47.5 Å². The molecule has 0 amide bonds. The molecule has 116 valence electrons. The molecular weight excluding hydrogens is 320 g/mol. The summed E-state index contributed by atoms with van der Waals surface area (Å²) in [5.74, 6) is 0. The highest BCUT2D eigenvalue weighted by Gasteiger charge is 2.14. The van der Waals surface area contributed by atoms with Gasteiger partial charge in [-0.15, -0.1) is 0 Å². The highest BCUT2D eigenvalue weighted by molar-refractivity contribution is 7.89. The number of hydrazone groups is 1. The van der Waals surface area contributed by atoms with Crippen LogP contribution in [-0.4, -0.2) is 13.6 Å². The highest BCUT2D eigenvalue weighted by atomic mass is 35.5. The maximum absolute atomic E-state index is 12.2. The highest BCUT2D eigenvalue weighted by Crippen LogP contribution is 2.17. The van der Waals surface area contributed by atoms with E-state index in [1.165, 1.54) is 12.1 Å². The van der Waals surface area contributed by atoms with Crippen LogP contribution in [0.3, 0.4) is 0 Å². The van der Waals surface area contributed by atoms with E-state index < -0.39 is 10.0 Å². The number of benzene rings is 2. The second-order valence-electron chi connectivity index (χ2n) is 5.08. The maximum Gasteiger partial charge on any atom is 0.276 e. The third-order valence-electron chi connectivity index (χ3n) is 3.28. The smallest absolute Gasteiger partial charge is 0.200 e. The van der Waals surface area contributed by atoms with Crippen LogP contribution in [0.25, 0.3) is 0 Å². The lowest BCUT2D eigenvalue weighted by Crippen LogP contribution is -2.19. The minimum atomic E-state index is -3.73. The van der Waals surface area contributed by atoms with Gasteiger partial charge in [-0.2, -0.15) is 18.4 Å². The molecule has 0 saturated heterocycles. The van der Waals surface area contributed by atoms with Gasteiger partial charge in [-0.25, -0.2) is 0 Å². The van der Waals surface area contributed by atoms with E-state index in [0.29, 0.717) is 0 Å². The Morgan fingerprint density at radius 1 is 1.00 bits per heavy atom. The van der Waals surface area contributed by atoms with Gasteiger partial charge in [-0.05, 0) is 44.0 Å². The van der Waals surface area contributed by atoms with E-state index in [4.69, 9.17) is 11.6 Å². The standard InChI is InChI=1S/C16H17ClN2O2S/c1-11-7-9-14(10-8-11)22(20,21)19-18-16(17)15-12(2)5-4-6-13(15)3/h4-10,19H,1-3H3/b18-16+. The summed E-state index contributed by atoms with van der Waals surface area (Å²) in [7, 11) is -3.73. The minimum Gasteiger partial charge on any atom is -0.200 e. The fourth-order valence-electron chi connectivity index (χ4n) is 2.07. The number of hydrogen-bond acceptors (Lipinski definition) is 3. The van der Waals surface area contributed by atoms with Crippen molar-refractivity contribution in [1.82, 2.24) is 4.83 Å². The molecule has 0 fully saturated rings. The Kier molecular flexibility index (Phi) is 4.88. The van der Waals surface area contributed by atoms with Crippen LogP contribution in [0.5, 0.6) is 0 Å². The molecule has 2 rings (SSSR count). The van der Waals surface area contributed by atoms with Crippen LogP contribution in [0.1, 0.15) is 22.3 Å². The van der Waals surface area contributed by atoms with Crippen molar-refractivity contribution in [3.63, 3.8) is 0 Å². The zero-order valence-electron chi connectivity index (χ0n) is 12.6. The summed E-state index contributed by atoms with van der Waals surface area (Å²) in [6.07, 6.45) is 0. The number of hydrogen-bond donors (Lipinski definition) is 1. The van der Waals surface area contributed by atoms with Crippen LogP contribution in [0, 0.1) is 20.8 Å². The van der Waals surface area contributed by atoms with E-state index in [9.17, 15) is 8.42 Å². The van der Waals surface area contributed by atoms with Crippen molar-refractivity contribution in [1.29, 1.82) is 0 Å². The lowest BCUT2D eigenvalue weighted by molar-refractivity contribution is 0.584. The van der Waals surface area contributed by atoms with E-state index in [1.807, 2.05) is 39.0 Å². The molecule has 4 nitrogen and oxygen atoms in total. The van der Waals surface area contributed by atoms with Crippen LogP contribution < -0.4 is 4.83 Å². The third kappa shape index (κ3) is 3.67. The summed E-state index contributed by atoms with van der Waals surface area (Å²) in [5.41, 5.74) is 3.58. The largest absolute Gasteiger partial charge is 0.276 e. The SMILES string of the molecule is Cc1ccc(S(=O)(=O)N/N=C(/Cl)c2c(C)cccc2C)cc1. The first-order valence-corrected chi connectivity index (χ1v) is 8.55. The molecule has 0 spiro atoms. The Bertz CT molecular complexity index is 792. The van der Waals surface area contributed by atoms with Crippen LogP contribution in [0.2, 0.25) is 0 Å². The number of nitrogens with zero attached hydrogens (tertiary/aromatic N) is 1. The molecule has 0 aliphatic rings. The van der Waals surface area contributed by atoms with Crippen LogP contribution in [-0.2, 0) is 10.0 Å². The maximum atomic E-state index is 12.2. The normalized spacial score (nSPS) is 12.3. The number of halogens is 1. The topological polar surface area (TPSA) is 58.5 Å². The first kappa shape index (κ1) is 16.5. The van der Waals surface area contributed by atoms with Gasteiger partial charge in [0.1, 0.15) is 0 Å². The predicted molar refractivity (Wildman–Crippen MR) is 89.8 cm³/mol. The van der Waals surface area contributed by atoms with Gasteiger partial charge < -0.3 is 0 Å². The van der Waals surface area contributed by atoms with Gasteiger partial charge in [0.15, 0.2) is 5.17 Å². The minimum absolute atomic E-state index is 0.117. The quantitative estimate of drug-likeness (QED) is 0.686. The van der Waals surface area contributed by atoms with E-state index in [0.717, 1.165) is 22.3 Å². The average Bonchev–Trinajstić information content (AvgIpc) is 2.45. The molecule has 0 aliphatic carbocycles. The summed E-state index contributed by atoms with van der Waals surface area (Å²) >= 11 is 6.16. The fourth-order valence-corrected chi connectivity index (χ4v) is 3.27. The van der Waals surface area contributed by atoms with Crippen molar-refractivity contribution in [3.8, 4) is 0 Å². The van der Waals surface area contributed by atoms with Crippen molar-refractivity contribution in [2.75, 3.05) is 0 Å². The van der Waals surface area contributed by atoms with Gasteiger partial charge in [0.05, 0.1) is 4.90 Å². The molecule has 0 heterocycles. The van der Waals surface area contributed by atoms with Gasteiger partial charge in [-0.3, -0.25) is 0 Å².